The predicted molar refractivity (Wildman–Crippen MR) is 113 cm³/mol. The first kappa shape index (κ1) is 19.8. The van der Waals surface area contributed by atoms with E-state index in [4.69, 9.17) is 11.6 Å². The van der Waals surface area contributed by atoms with Gasteiger partial charge in [-0.05, 0) is 43.5 Å². The number of benzene rings is 2. The molecule has 0 fully saturated rings. The molecule has 0 saturated carbocycles. The SMILES string of the molecule is CCc1cccc(C)c1NC(=O)Cn1c(-c2cccc(Cl)c2)nc(C)cc1=O. The van der Waals surface area contributed by atoms with E-state index in [1.54, 1.807) is 25.1 Å². The first-order chi connectivity index (χ1) is 13.4. The largest absolute Gasteiger partial charge is 0.324 e. The van der Waals surface area contributed by atoms with Crippen molar-refractivity contribution in [1.29, 1.82) is 0 Å². The zero-order valence-electron chi connectivity index (χ0n) is 16.1. The van der Waals surface area contributed by atoms with Gasteiger partial charge in [0, 0.05) is 28.0 Å². The molecule has 0 aliphatic carbocycles. The quantitative estimate of drug-likeness (QED) is 0.697. The van der Waals surface area contributed by atoms with Gasteiger partial charge in [-0.25, -0.2) is 4.98 Å². The van der Waals surface area contributed by atoms with E-state index in [1.165, 1.54) is 10.6 Å². The van der Waals surface area contributed by atoms with Crippen LogP contribution in [0.5, 0.6) is 0 Å². The molecule has 0 saturated heterocycles. The van der Waals surface area contributed by atoms with Gasteiger partial charge >= 0.3 is 0 Å². The first-order valence-corrected chi connectivity index (χ1v) is 9.49. The van der Waals surface area contributed by atoms with Gasteiger partial charge in [-0.15, -0.1) is 0 Å². The van der Waals surface area contributed by atoms with Crippen molar-refractivity contribution in [3.63, 3.8) is 0 Å². The molecule has 1 aromatic heterocycles. The second kappa shape index (κ2) is 8.40. The van der Waals surface area contributed by atoms with Crippen LogP contribution in [-0.4, -0.2) is 15.5 Å². The molecule has 2 aromatic carbocycles. The monoisotopic (exact) mass is 395 g/mol. The number of nitrogens with one attached hydrogen (secondary N) is 1. The molecule has 3 rings (SSSR count). The van der Waals surface area contributed by atoms with Gasteiger partial charge in [0.2, 0.25) is 5.91 Å². The van der Waals surface area contributed by atoms with Crippen LogP contribution in [0.3, 0.4) is 0 Å². The van der Waals surface area contributed by atoms with Crippen LogP contribution in [0.2, 0.25) is 5.02 Å². The highest BCUT2D eigenvalue weighted by molar-refractivity contribution is 6.30. The summed E-state index contributed by atoms with van der Waals surface area (Å²) in [6, 6.07) is 14.4. The van der Waals surface area contributed by atoms with Crippen molar-refractivity contribution in [2.24, 2.45) is 0 Å². The minimum atomic E-state index is -0.280. The Labute approximate surface area is 169 Å². The number of hydrogen-bond acceptors (Lipinski definition) is 3. The van der Waals surface area contributed by atoms with Gasteiger partial charge in [-0.2, -0.15) is 0 Å². The molecule has 0 atom stereocenters. The van der Waals surface area contributed by atoms with E-state index in [-0.39, 0.29) is 18.0 Å². The van der Waals surface area contributed by atoms with Crippen molar-refractivity contribution in [3.8, 4) is 11.4 Å². The smallest absolute Gasteiger partial charge is 0.254 e. The summed E-state index contributed by atoms with van der Waals surface area (Å²) in [6.07, 6.45) is 0.803. The molecule has 0 spiro atoms. The van der Waals surface area contributed by atoms with Crippen molar-refractivity contribution < 1.29 is 4.79 Å². The zero-order chi connectivity index (χ0) is 20.3. The van der Waals surface area contributed by atoms with Gasteiger partial charge < -0.3 is 5.32 Å². The van der Waals surface area contributed by atoms with Gasteiger partial charge in [-0.3, -0.25) is 14.2 Å². The van der Waals surface area contributed by atoms with E-state index < -0.39 is 0 Å². The number of halogens is 1. The molecular formula is C22H22ClN3O2. The summed E-state index contributed by atoms with van der Waals surface area (Å²) in [6.45, 7) is 5.61. The lowest BCUT2D eigenvalue weighted by atomic mass is 10.1. The number of aromatic nitrogens is 2. The van der Waals surface area contributed by atoms with Crippen LogP contribution in [0.1, 0.15) is 23.7 Å². The third-order valence-corrected chi connectivity index (χ3v) is 4.76. The maximum absolute atomic E-state index is 12.8. The second-order valence-corrected chi connectivity index (χ2v) is 7.10. The van der Waals surface area contributed by atoms with Crippen LogP contribution >= 0.6 is 11.6 Å². The molecule has 5 nitrogen and oxygen atoms in total. The maximum Gasteiger partial charge on any atom is 0.254 e. The summed E-state index contributed by atoms with van der Waals surface area (Å²) in [5.74, 6) is 0.142. The zero-order valence-corrected chi connectivity index (χ0v) is 16.9. The second-order valence-electron chi connectivity index (χ2n) is 6.67. The minimum Gasteiger partial charge on any atom is -0.324 e. The van der Waals surface area contributed by atoms with Crippen LogP contribution in [0, 0.1) is 13.8 Å². The number of anilines is 1. The molecule has 1 N–H and O–H groups in total. The average Bonchev–Trinajstić information content (AvgIpc) is 2.65. The Kier molecular flexibility index (Phi) is 5.95. The summed E-state index contributed by atoms with van der Waals surface area (Å²) in [4.78, 5) is 29.9. The van der Waals surface area contributed by atoms with E-state index >= 15 is 0 Å². The van der Waals surface area contributed by atoms with Gasteiger partial charge in [0.25, 0.3) is 5.56 Å². The van der Waals surface area contributed by atoms with Crippen LogP contribution in [0.4, 0.5) is 5.69 Å². The first-order valence-electron chi connectivity index (χ1n) is 9.11. The van der Waals surface area contributed by atoms with E-state index in [0.717, 1.165) is 23.2 Å². The molecule has 6 heteroatoms. The fraction of sp³-hybridized carbons (Fsp3) is 0.227. The Morgan fingerprint density at radius 2 is 1.89 bits per heavy atom. The standard InChI is InChI=1S/C22H22ClN3O2/c1-4-16-8-5-7-14(2)21(16)25-19(27)13-26-20(28)11-15(3)24-22(26)17-9-6-10-18(23)12-17/h5-12H,4,13H2,1-3H3,(H,25,27). The number of nitrogens with zero attached hydrogens (tertiary/aromatic N) is 2. The summed E-state index contributed by atoms with van der Waals surface area (Å²) in [5, 5.41) is 3.50. The summed E-state index contributed by atoms with van der Waals surface area (Å²) >= 11 is 6.10. The predicted octanol–water partition coefficient (Wildman–Crippen LogP) is 4.38. The van der Waals surface area contributed by atoms with Crippen LogP contribution < -0.4 is 10.9 Å². The number of carbonyl (C=O) groups is 1. The Morgan fingerprint density at radius 3 is 2.61 bits per heavy atom. The van der Waals surface area contributed by atoms with E-state index in [2.05, 4.69) is 10.3 Å². The molecule has 0 radical (unpaired) electrons. The molecule has 144 valence electrons. The Balaban J connectivity index is 1.97. The highest BCUT2D eigenvalue weighted by Gasteiger charge is 2.15. The van der Waals surface area contributed by atoms with E-state index in [9.17, 15) is 9.59 Å². The number of para-hydroxylation sites is 1. The van der Waals surface area contributed by atoms with Crippen LogP contribution in [0.15, 0.2) is 53.3 Å². The van der Waals surface area contributed by atoms with Crippen molar-refractivity contribution in [3.05, 3.63) is 80.7 Å². The molecule has 0 bridgehead atoms. The fourth-order valence-electron chi connectivity index (χ4n) is 3.15. The van der Waals surface area contributed by atoms with Gasteiger partial charge in [0.1, 0.15) is 12.4 Å². The van der Waals surface area contributed by atoms with E-state index in [1.807, 2.05) is 38.1 Å². The van der Waals surface area contributed by atoms with Crippen molar-refractivity contribution >= 4 is 23.2 Å². The summed E-state index contributed by atoms with van der Waals surface area (Å²) < 4.78 is 1.37. The third kappa shape index (κ3) is 4.31. The lowest BCUT2D eigenvalue weighted by molar-refractivity contribution is -0.116. The minimum absolute atomic E-state index is 0.133. The normalized spacial score (nSPS) is 10.7. The topological polar surface area (TPSA) is 64.0 Å². The molecule has 28 heavy (non-hydrogen) atoms. The van der Waals surface area contributed by atoms with E-state index in [0.29, 0.717) is 22.1 Å². The number of carbonyl (C=O) groups excluding carboxylic acids is 1. The molecular weight excluding hydrogens is 374 g/mol. The Bertz CT molecular complexity index is 1090. The summed E-state index contributed by atoms with van der Waals surface area (Å²) in [5.41, 5.74) is 3.83. The number of hydrogen-bond donors (Lipinski definition) is 1. The van der Waals surface area contributed by atoms with Crippen molar-refractivity contribution in [2.45, 2.75) is 33.7 Å². The fourth-order valence-corrected chi connectivity index (χ4v) is 3.34. The van der Waals surface area contributed by atoms with Gasteiger partial charge in [0.15, 0.2) is 0 Å². The van der Waals surface area contributed by atoms with Crippen LogP contribution in [0.25, 0.3) is 11.4 Å². The molecule has 0 unspecified atom stereocenters. The molecule has 1 amide bonds. The van der Waals surface area contributed by atoms with Crippen molar-refractivity contribution in [1.82, 2.24) is 9.55 Å². The molecule has 0 aliphatic rings. The third-order valence-electron chi connectivity index (χ3n) is 4.53. The van der Waals surface area contributed by atoms with Crippen LogP contribution in [-0.2, 0) is 17.8 Å². The molecule has 0 aliphatic heterocycles. The highest BCUT2D eigenvalue weighted by Crippen LogP contribution is 2.22. The Morgan fingerprint density at radius 1 is 1.14 bits per heavy atom. The average molecular weight is 396 g/mol. The number of rotatable bonds is 5. The lowest BCUT2D eigenvalue weighted by Gasteiger charge is -2.16. The number of amides is 1. The van der Waals surface area contributed by atoms with Gasteiger partial charge in [-0.1, -0.05) is 48.9 Å². The molecule has 1 heterocycles. The lowest BCUT2D eigenvalue weighted by Crippen LogP contribution is -2.30. The number of aryl methyl sites for hydroxylation is 3. The maximum atomic E-state index is 12.8. The summed E-state index contributed by atoms with van der Waals surface area (Å²) in [7, 11) is 0. The Hall–Kier alpha value is -2.92. The molecule has 3 aromatic rings. The van der Waals surface area contributed by atoms with Gasteiger partial charge in [0.05, 0.1) is 0 Å². The highest BCUT2D eigenvalue weighted by atomic mass is 35.5. The van der Waals surface area contributed by atoms with Crippen molar-refractivity contribution in [2.75, 3.05) is 5.32 Å².